The fraction of sp³-hybridized carbons (Fsp3) is 0.667. The molecule has 0 aromatic heterocycles. The van der Waals surface area contributed by atoms with Gasteiger partial charge in [-0.3, -0.25) is 0 Å². The summed E-state index contributed by atoms with van der Waals surface area (Å²) in [7, 11) is 1.22. The first-order valence-electron chi connectivity index (χ1n) is 8.76. The first kappa shape index (κ1) is 17.5. The molecule has 1 aliphatic rings. The van der Waals surface area contributed by atoms with E-state index in [1.54, 1.807) is 19.1 Å². The van der Waals surface area contributed by atoms with Crippen LogP contribution in [0.1, 0.15) is 63.9 Å². The molecule has 1 aliphatic carbocycles. The highest BCUT2D eigenvalue weighted by Crippen LogP contribution is 2.45. The van der Waals surface area contributed by atoms with Gasteiger partial charge in [0.2, 0.25) is 5.82 Å². The zero-order chi connectivity index (χ0) is 16.0. The molecule has 1 saturated carbocycles. The van der Waals surface area contributed by atoms with Crippen LogP contribution >= 0.6 is 0 Å². The van der Waals surface area contributed by atoms with Crippen LogP contribution in [0.25, 0.3) is 0 Å². The molecule has 1 fully saturated rings. The fourth-order valence-corrected chi connectivity index (χ4v) is 4.30. The second-order valence-corrected chi connectivity index (χ2v) is 7.47. The Morgan fingerprint density at radius 2 is 1.82 bits per heavy atom. The first-order valence-corrected chi connectivity index (χ1v) is 10.2. The number of unbranched alkanes of at least 4 members (excludes halogenated alkanes) is 1. The molecule has 1 aromatic carbocycles. The number of hydrogen-bond acceptors (Lipinski definition) is 1. The van der Waals surface area contributed by atoms with E-state index >= 15 is 0 Å². The third kappa shape index (κ3) is 3.70. The molecule has 124 valence electrons. The van der Waals surface area contributed by atoms with Crippen LogP contribution in [0, 0.1) is 11.6 Å². The summed E-state index contributed by atoms with van der Waals surface area (Å²) in [6, 6.07) is 4.67. The van der Waals surface area contributed by atoms with Gasteiger partial charge in [0.1, 0.15) is 0 Å². The summed E-state index contributed by atoms with van der Waals surface area (Å²) in [5, 5.41) is 0. The molecular formula is C18H28F2OSi. The lowest BCUT2D eigenvalue weighted by atomic mass is 9.66. The summed E-state index contributed by atoms with van der Waals surface area (Å²) in [4.78, 5) is 0. The van der Waals surface area contributed by atoms with Gasteiger partial charge in [-0.05, 0) is 43.2 Å². The Hall–Kier alpha value is -0.903. The van der Waals surface area contributed by atoms with Crippen molar-refractivity contribution in [2.24, 2.45) is 0 Å². The van der Waals surface area contributed by atoms with Gasteiger partial charge in [-0.25, -0.2) is 4.39 Å². The van der Waals surface area contributed by atoms with Crippen molar-refractivity contribution in [3.63, 3.8) is 0 Å². The zero-order valence-electron chi connectivity index (χ0n) is 13.9. The minimum Gasteiger partial charge on any atom is -0.491 e. The fourth-order valence-electron chi connectivity index (χ4n) is 3.80. The predicted octanol–water partition coefficient (Wildman–Crippen LogP) is 4.52. The largest absolute Gasteiger partial charge is 0.491 e. The van der Waals surface area contributed by atoms with Gasteiger partial charge in [0.05, 0.1) is 6.61 Å². The predicted molar refractivity (Wildman–Crippen MR) is 90.9 cm³/mol. The van der Waals surface area contributed by atoms with E-state index in [0.29, 0.717) is 12.2 Å². The van der Waals surface area contributed by atoms with Crippen molar-refractivity contribution in [1.82, 2.24) is 0 Å². The van der Waals surface area contributed by atoms with Crippen LogP contribution in [0.15, 0.2) is 12.1 Å². The molecule has 0 unspecified atom stereocenters. The normalized spacial score (nSPS) is 17.6. The summed E-state index contributed by atoms with van der Waals surface area (Å²) in [6.45, 7) is 2.13. The molecule has 0 radical (unpaired) electrons. The molecule has 4 heteroatoms. The molecule has 2 rings (SSSR count). The second kappa shape index (κ2) is 8.09. The number of ether oxygens (including phenoxy) is 1. The van der Waals surface area contributed by atoms with Crippen molar-refractivity contribution in [2.45, 2.75) is 69.7 Å². The van der Waals surface area contributed by atoms with Crippen LogP contribution < -0.4 is 4.74 Å². The number of rotatable bonds is 7. The molecule has 0 aliphatic heterocycles. The summed E-state index contributed by atoms with van der Waals surface area (Å²) >= 11 is 0. The van der Waals surface area contributed by atoms with Gasteiger partial charge in [-0.15, -0.1) is 0 Å². The van der Waals surface area contributed by atoms with Crippen LogP contribution in [0.3, 0.4) is 0 Å². The van der Waals surface area contributed by atoms with Crippen LogP contribution in [-0.4, -0.2) is 16.8 Å². The van der Waals surface area contributed by atoms with Crippen molar-refractivity contribution in [2.75, 3.05) is 6.61 Å². The molecule has 1 nitrogen and oxygen atoms in total. The van der Waals surface area contributed by atoms with Gasteiger partial charge in [-0.1, -0.05) is 44.2 Å². The standard InChI is InChI=1S/C18H28F2OSi/c1-2-21-15-9-8-14(16(19)17(15)20)18(12-6-7-13-22)10-4-3-5-11-18/h8-9H,2-7,10-13H2,1,22H3. The molecule has 0 atom stereocenters. The Balaban J connectivity index is 2.32. The SMILES string of the molecule is CCOc1ccc(C2(CCCC[SiH3])CCCCC2)c(F)c1F. The molecule has 0 spiro atoms. The molecular weight excluding hydrogens is 298 g/mol. The number of halogens is 2. The molecule has 1 aromatic rings. The van der Waals surface area contributed by atoms with E-state index < -0.39 is 11.6 Å². The highest BCUT2D eigenvalue weighted by atomic mass is 28.1. The van der Waals surface area contributed by atoms with E-state index in [0.717, 1.165) is 38.5 Å². The molecule has 0 heterocycles. The topological polar surface area (TPSA) is 9.23 Å². The number of benzene rings is 1. The first-order chi connectivity index (χ1) is 10.6. The van der Waals surface area contributed by atoms with Gasteiger partial charge in [0, 0.05) is 10.2 Å². The zero-order valence-corrected chi connectivity index (χ0v) is 15.9. The summed E-state index contributed by atoms with van der Waals surface area (Å²) < 4.78 is 34.1. The maximum atomic E-state index is 14.7. The van der Waals surface area contributed by atoms with Crippen molar-refractivity contribution in [3.8, 4) is 5.75 Å². The van der Waals surface area contributed by atoms with E-state index in [2.05, 4.69) is 0 Å². The molecule has 0 bridgehead atoms. The van der Waals surface area contributed by atoms with Crippen molar-refractivity contribution in [3.05, 3.63) is 29.3 Å². The molecule has 0 amide bonds. The van der Waals surface area contributed by atoms with Crippen molar-refractivity contribution < 1.29 is 13.5 Å². The minimum absolute atomic E-state index is 0.0364. The Kier molecular flexibility index (Phi) is 6.42. The maximum absolute atomic E-state index is 14.7. The van der Waals surface area contributed by atoms with E-state index in [4.69, 9.17) is 4.74 Å². The highest BCUT2D eigenvalue weighted by molar-refractivity contribution is 6.08. The van der Waals surface area contributed by atoms with Crippen LogP contribution in [0.4, 0.5) is 8.78 Å². The Bertz CT molecular complexity index is 484. The van der Waals surface area contributed by atoms with E-state index in [-0.39, 0.29) is 11.2 Å². The maximum Gasteiger partial charge on any atom is 0.200 e. The number of hydrogen-bond donors (Lipinski definition) is 0. The van der Waals surface area contributed by atoms with Gasteiger partial charge in [-0.2, -0.15) is 4.39 Å². The summed E-state index contributed by atoms with van der Waals surface area (Å²) in [5.41, 5.74) is 0.423. The van der Waals surface area contributed by atoms with Crippen LogP contribution in [-0.2, 0) is 5.41 Å². The van der Waals surface area contributed by atoms with Gasteiger partial charge < -0.3 is 4.74 Å². The minimum atomic E-state index is -0.813. The van der Waals surface area contributed by atoms with Crippen molar-refractivity contribution >= 4 is 10.2 Å². The Morgan fingerprint density at radius 1 is 1.09 bits per heavy atom. The third-order valence-corrected chi connectivity index (χ3v) is 5.69. The smallest absolute Gasteiger partial charge is 0.200 e. The van der Waals surface area contributed by atoms with Crippen molar-refractivity contribution in [1.29, 1.82) is 0 Å². The summed E-state index contributed by atoms with van der Waals surface area (Å²) in [6.07, 6.45) is 8.75. The van der Waals surface area contributed by atoms with Gasteiger partial charge in [0.25, 0.3) is 0 Å². The Morgan fingerprint density at radius 3 is 2.45 bits per heavy atom. The third-order valence-electron chi connectivity index (χ3n) is 4.99. The van der Waals surface area contributed by atoms with E-state index in [1.807, 2.05) is 0 Å². The van der Waals surface area contributed by atoms with Crippen LogP contribution in [0.2, 0.25) is 6.04 Å². The lowest BCUT2D eigenvalue weighted by Crippen LogP contribution is -2.30. The van der Waals surface area contributed by atoms with E-state index in [1.165, 1.54) is 29.1 Å². The molecule has 0 N–H and O–H groups in total. The summed E-state index contributed by atoms with van der Waals surface area (Å²) in [5.74, 6) is -1.46. The average molecular weight is 327 g/mol. The quantitative estimate of drug-likeness (QED) is 0.529. The van der Waals surface area contributed by atoms with Gasteiger partial charge >= 0.3 is 0 Å². The van der Waals surface area contributed by atoms with Gasteiger partial charge in [0.15, 0.2) is 11.6 Å². The highest BCUT2D eigenvalue weighted by Gasteiger charge is 2.36. The average Bonchev–Trinajstić information content (AvgIpc) is 2.53. The lowest BCUT2D eigenvalue weighted by Gasteiger charge is -2.38. The monoisotopic (exact) mass is 326 g/mol. The second-order valence-electron chi connectivity index (χ2n) is 6.47. The van der Waals surface area contributed by atoms with E-state index in [9.17, 15) is 8.78 Å². The van der Waals surface area contributed by atoms with Crippen LogP contribution in [0.5, 0.6) is 5.75 Å². The molecule has 0 saturated heterocycles. The lowest BCUT2D eigenvalue weighted by molar-refractivity contribution is 0.253. The molecule has 22 heavy (non-hydrogen) atoms. The Labute approximate surface area is 135 Å².